The second-order valence-electron chi connectivity index (χ2n) is 5.89. The third-order valence-electron chi connectivity index (χ3n) is 4.60. The molecule has 104 valence electrons. The molecule has 1 heterocycles. The fourth-order valence-electron chi connectivity index (χ4n) is 3.36. The van der Waals surface area contributed by atoms with Crippen LogP contribution in [0.5, 0.6) is 0 Å². The third-order valence-corrected chi connectivity index (χ3v) is 4.60. The molecule has 0 saturated heterocycles. The molecular weight excluding hydrogens is 256 g/mol. The number of nitrogens with zero attached hydrogens (tertiary/aromatic N) is 1. The van der Waals surface area contributed by atoms with Crippen LogP contribution >= 0.6 is 0 Å². The van der Waals surface area contributed by atoms with Crippen LogP contribution in [0.25, 0.3) is 10.8 Å². The van der Waals surface area contributed by atoms with Gasteiger partial charge in [-0.1, -0.05) is 48.5 Å². The van der Waals surface area contributed by atoms with E-state index in [1.54, 1.807) is 0 Å². The Kier molecular flexibility index (Phi) is 2.97. The Hall–Kier alpha value is -2.19. The summed E-state index contributed by atoms with van der Waals surface area (Å²) in [5.41, 5.74) is 9.24. The summed E-state index contributed by atoms with van der Waals surface area (Å²) in [5.74, 6) is 1.16. The average Bonchev–Trinajstić information content (AvgIpc) is 3.35. The van der Waals surface area contributed by atoms with E-state index in [1.807, 2.05) is 12.4 Å². The molecule has 1 saturated carbocycles. The first kappa shape index (κ1) is 12.5. The molecule has 3 aromatic rings. The molecule has 0 radical (unpaired) electrons. The lowest BCUT2D eigenvalue weighted by atomic mass is 9.95. The molecular formula is C19H18N2. The van der Waals surface area contributed by atoms with Crippen LogP contribution < -0.4 is 5.73 Å². The molecule has 0 amide bonds. The lowest BCUT2D eigenvalue weighted by Crippen LogP contribution is -2.14. The van der Waals surface area contributed by atoms with Crippen LogP contribution in [0.4, 0.5) is 0 Å². The Morgan fingerprint density at radius 3 is 2.71 bits per heavy atom. The van der Waals surface area contributed by atoms with Crippen LogP contribution in [0.3, 0.4) is 0 Å². The van der Waals surface area contributed by atoms with E-state index in [9.17, 15) is 0 Å². The van der Waals surface area contributed by atoms with Crippen molar-refractivity contribution in [2.24, 2.45) is 11.7 Å². The maximum Gasteiger partial charge on any atom is 0.0346 e. The molecule has 2 aromatic carbocycles. The van der Waals surface area contributed by atoms with E-state index >= 15 is 0 Å². The highest BCUT2D eigenvalue weighted by atomic mass is 14.7. The van der Waals surface area contributed by atoms with Crippen molar-refractivity contribution in [3.63, 3.8) is 0 Å². The Morgan fingerprint density at radius 2 is 1.86 bits per heavy atom. The Balaban J connectivity index is 1.65. The van der Waals surface area contributed by atoms with Crippen molar-refractivity contribution in [3.05, 3.63) is 78.1 Å². The predicted octanol–water partition coefficient (Wildman–Crippen LogP) is 4.04. The lowest BCUT2D eigenvalue weighted by Gasteiger charge is -2.15. The van der Waals surface area contributed by atoms with Crippen molar-refractivity contribution >= 4 is 10.8 Å². The summed E-state index contributed by atoms with van der Waals surface area (Å²) in [6.07, 6.45) is 4.94. The molecule has 4 rings (SSSR count). The van der Waals surface area contributed by atoms with Crippen LogP contribution in [-0.2, 0) is 0 Å². The molecule has 2 nitrogen and oxygen atoms in total. The van der Waals surface area contributed by atoms with E-state index in [2.05, 4.69) is 59.6 Å². The number of fused-ring (bicyclic) bond motifs is 1. The van der Waals surface area contributed by atoms with E-state index in [-0.39, 0.29) is 6.04 Å². The van der Waals surface area contributed by atoms with Crippen molar-refractivity contribution in [1.29, 1.82) is 0 Å². The molecule has 0 aliphatic heterocycles. The zero-order chi connectivity index (χ0) is 14.2. The largest absolute Gasteiger partial charge is 0.324 e. The predicted molar refractivity (Wildman–Crippen MR) is 86.0 cm³/mol. The van der Waals surface area contributed by atoms with Crippen LogP contribution in [0.1, 0.15) is 29.5 Å². The second-order valence-corrected chi connectivity index (χ2v) is 5.89. The highest BCUT2D eigenvalue weighted by molar-refractivity contribution is 5.85. The molecule has 0 spiro atoms. The van der Waals surface area contributed by atoms with Crippen LogP contribution in [0, 0.1) is 5.92 Å². The van der Waals surface area contributed by atoms with Crippen molar-refractivity contribution in [2.75, 3.05) is 0 Å². The summed E-state index contributed by atoms with van der Waals surface area (Å²) in [6, 6.07) is 19.2. The quantitative estimate of drug-likeness (QED) is 0.783. The average molecular weight is 274 g/mol. The Bertz CT molecular complexity index is 761. The molecule has 21 heavy (non-hydrogen) atoms. The van der Waals surface area contributed by atoms with E-state index in [0.29, 0.717) is 11.8 Å². The molecule has 2 N–H and O–H groups in total. The maximum atomic E-state index is 6.57. The standard InChI is InChI=1S/C19H18N2/c20-19(18-11-17(18)13-5-2-1-3-6-13)16-8-4-7-14-12-21-10-9-15(14)16/h1-10,12,17-19H,11,20H2. The molecule has 0 bridgehead atoms. The van der Waals surface area contributed by atoms with Gasteiger partial charge in [0.15, 0.2) is 0 Å². The van der Waals surface area contributed by atoms with Gasteiger partial charge in [0.25, 0.3) is 0 Å². The van der Waals surface area contributed by atoms with Crippen LogP contribution in [0.2, 0.25) is 0 Å². The second kappa shape index (κ2) is 4.97. The lowest BCUT2D eigenvalue weighted by molar-refractivity contribution is 0.620. The van der Waals surface area contributed by atoms with E-state index in [0.717, 1.165) is 0 Å². The SMILES string of the molecule is NC(c1cccc2cnccc12)C1CC1c1ccccc1. The van der Waals surface area contributed by atoms with Gasteiger partial charge in [0.1, 0.15) is 0 Å². The molecule has 1 aliphatic carbocycles. The van der Waals surface area contributed by atoms with Gasteiger partial charge in [-0.25, -0.2) is 0 Å². The van der Waals surface area contributed by atoms with E-state index in [4.69, 9.17) is 5.73 Å². The summed E-state index contributed by atoms with van der Waals surface area (Å²) in [7, 11) is 0. The first-order valence-electron chi connectivity index (χ1n) is 7.48. The molecule has 1 aromatic heterocycles. The number of hydrogen-bond acceptors (Lipinski definition) is 2. The zero-order valence-electron chi connectivity index (χ0n) is 11.8. The van der Waals surface area contributed by atoms with Crippen molar-refractivity contribution in [3.8, 4) is 0 Å². The topological polar surface area (TPSA) is 38.9 Å². The number of aromatic nitrogens is 1. The van der Waals surface area contributed by atoms with Crippen LogP contribution in [0.15, 0.2) is 67.0 Å². The van der Waals surface area contributed by atoms with Gasteiger partial charge in [0, 0.05) is 23.8 Å². The first-order chi connectivity index (χ1) is 10.3. The van der Waals surface area contributed by atoms with Gasteiger partial charge in [-0.05, 0) is 40.8 Å². The number of benzene rings is 2. The summed E-state index contributed by atoms with van der Waals surface area (Å²) in [4.78, 5) is 4.20. The molecule has 3 atom stereocenters. The van der Waals surface area contributed by atoms with Gasteiger partial charge < -0.3 is 5.73 Å². The van der Waals surface area contributed by atoms with E-state index in [1.165, 1.54) is 28.3 Å². The molecule has 2 heteroatoms. The number of nitrogens with two attached hydrogens (primary N) is 1. The Labute approximate surface area is 124 Å². The summed E-state index contributed by atoms with van der Waals surface area (Å²) in [6.45, 7) is 0. The van der Waals surface area contributed by atoms with Gasteiger partial charge in [0.05, 0.1) is 0 Å². The van der Waals surface area contributed by atoms with Crippen molar-refractivity contribution < 1.29 is 0 Å². The minimum Gasteiger partial charge on any atom is -0.324 e. The van der Waals surface area contributed by atoms with Gasteiger partial charge in [-0.2, -0.15) is 0 Å². The summed E-state index contributed by atoms with van der Waals surface area (Å²) < 4.78 is 0. The van der Waals surface area contributed by atoms with Gasteiger partial charge in [-0.3, -0.25) is 4.98 Å². The fourth-order valence-corrected chi connectivity index (χ4v) is 3.36. The monoisotopic (exact) mass is 274 g/mol. The van der Waals surface area contributed by atoms with E-state index < -0.39 is 0 Å². The number of hydrogen-bond donors (Lipinski definition) is 1. The van der Waals surface area contributed by atoms with Crippen molar-refractivity contribution in [2.45, 2.75) is 18.4 Å². The zero-order valence-corrected chi connectivity index (χ0v) is 11.8. The molecule has 1 aliphatic rings. The third kappa shape index (κ3) is 2.22. The Morgan fingerprint density at radius 1 is 1.00 bits per heavy atom. The smallest absolute Gasteiger partial charge is 0.0346 e. The minimum atomic E-state index is 0.0984. The van der Waals surface area contributed by atoms with Crippen molar-refractivity contribution in [1.82, 2.24) is 4.98 Å². The van der Waals surface area contributed by atoms with Gasteiger partial charge >= 0.3 is 0 Å². The van der Waals surface area contributed by atoms with Gasteiger partial charge in [-0.15, -0.1) is 0 Å². The molecule has 3 unspecified atom stereocenters. The fraction of sp³-hybridized carbons (Fsp3) is 0.211. The maximum absolute atomic E-state index is 6.57. The summed E-state index contributed by atoms with van der Waals surface area (Å²) >= 11 is 0. The summed E-state index contributed by atoms with van der Waals surface area (Å²) in [5, 5.41) is 2.40. The minimum absolute atomic E-state index is 0.0984. The van der Waals surface area contributed by atoms with Gasteiger partial charge in [0.2, 0.25) is 0 Å². The number of pyridine rings is 1. The highest BCUT2D eigenvalue weighted by Gasteiger charge is 2.43. The molecule has 1 fully saturated rings. The number of rotatable bonds is 3. The highest BCUT2D eigenvalue weighted by Crippen LogP contribution is 2.53. The van der Waals surface area contributed by atoms with Crippen LogP contribution in [-0.4, -0.2) is 4.98 Å². The normalized spacial score (nSPS) is 22.1. The first-order valence-corrected chi connectivity index (χ1v) is 7.48.